The number of carbonyl (C=O) groups excluding carboxylic acids is 2. The Morgan fingerprint density at radius 3 is 2.85 bits per heavy atom. The Morgan fingerprint density at radius 1 is 1.31 bits per heavy atom. The molecular weight excluding hydrogens is 336 g/mol. The molecule has 3 rings (SSSR count). The highest BCUT2D eigenvalue weighted by atomic mass is 16.5. The van der Waals surface area contributed by atoms with Gasteiger partial charge in [0.2, 0.25) is 0 Å². The lowest BCUT2D eigenvalue weighted by Crippen LogP contribution is -2.40. The Kier molecular flexibility index (Phi) is 6.60. The van der Waals surface area contributed by atoms with E-state index in [0.29, 0.717) is 44.2 Å². The number of ether oxygens (including phenoxy) is 3. The van der Waals surface area contributed by atoms with Crippen LogP contribution in [0, 0.1) is 0 Å². The van der Waals surface area contributed by atoms with Gasteiger partial charge >= 0.3 is 0 Å². The number of nitrogens with one attached hydrogen (secondary N) is 1. The molecule has 7 nitrogen and oxygen atoms in total. The van der Waals surface area contributed by atoms with E-state index >= 15 is 0 Å². The predicted molar refractivity (Wildman–Crippen MR) is 96.2 cm³/mol. The maximum Gasteiger partial charge on any atom is 0.254 e. The fourth-order valence-electron chi connectivity index (χ4n) is 3.03. The summed E-state index contributed by atoms with van der Waals surface area (Å²) in [5.41, 5.74) is 1.14. The van der Waals surface area contributed by atoms with Gasteiger partial charge in [-0.3, -0.25) is 9.59 Å². The maximum absolute atomic E-state index is 12.5. The SMILES string of the molecule is CC(OCC1CCCO1)C(=O)Nc1cccc(C(=O)N2CCOCC2)c1. The van der Waals surface area contributed by atoms with Crippen molar-refractivity contribution < 1.29 is 23.8 Å². The first-order valence-electron chi connectivity index (χ1n) is 9.14. The van der Waals surface area contributed by atoms with Crippen molar-refractivity contribution in [3.05, 3.63) is 29.8 Å². The second-order valence-corrected chi connectivity index (χ2v) is 6.59. The third-order valence-corrected chi connectivity index (χ3v) is 4.60. The monoisotopic (exact) mass is 362 g/mol. The summed E-state index contributed by atoms with van der Waals surface area (Å²) in [5, 5.41) is 2.82. The quantitative estimate of drug-likeness (QED) is 0.833. The zero-order valence-corrected chi connectivity index (χ0v) is 15.1. The van der Waals surface area contributed by atoms with E-state index in [9.17, 15) is 9.59 Å². The molecule has 26 heavy (non-hydrogen) atoms. The molecule has 1 aromatic rings. The fourth-order valence-corrected chi connectivity index (χ4v) is 3.03. The van der Waals surface area contributed by atoms with Crippen LogP contribution in [-0.2, 0) is 19.0 Å². The van der Waals surface area contributed by atoms with E-state index in [1.807, 2.05) is 0 Å². The molecule has 7 heteroatoms. The molecule has 1 N–H and O–H groups in total. The summed E-state index contributed by atoms with van der Waals surface area (Å²) in [6.07, 6.45) is 1.51. The first kappa shape index (κ1) is 18.8. The number of carbonyl (C=O) groups is 2. The highest BCUT2D eigenvalue weighted by Gasteiger charge is 2.21. The van der Waals surface area contributed by atoms with Crippen molar-refractivity contribution in [2.75, 3.05) is 44.8 Å². The molecule has 142 valence electrons. The Bertz CT molecular complexity index is 624. The standard InChI is InChI=1S/C19H26N2O5/c1-14(26-13-17-6-3-9-25-17)18(22)20-16-5-2-4-15(12-16)19(23)21-7-10-24-11-8-21/h2,4-5,12,14,17H,3,6-11,13H2,1H3,(H,20,22). The van der Waals surface area contributed by atoms with Crippen molar-refractivity contribution in [1.29, 1.82) is 0 Å². The van der Waals surface area contributed by atoms with Crippen LogP contribution in [0.15, 0.2) is 24.3 Å². The molecule has 0 saturated carbocycles. The van der Waals surface area contributed by atoms with Gasteiger partial charge in [0, 0.05) is 30.9 Å². The summed E-state index contributed by atoms with van der Waals surface area (Å²) >= 11 is 0. The van der Waals surface area contributed by atoms with Crippen molar-refractivity contribution in [3.63, 3.8) is 0 Å². The van der Waals surface area contributed by atoms with Gasteiger partial charge in [-0.2, -0.15) is 0 Å². The topological polar surface area (TPSA) is 77.1 Å². The maximum atomic E-state index is 12.5. The smallest absolute Gasteiger partial charge is 0.254 e. The first-order valence-corrected chi connectivity index (χ1v) is 9.14. The highest BCUT2D eigenvalue weighted by Crippen LogP contribution is 2.16. The van der Waals surface area contributed by atoms with Crippen molar-refractivity contribution in [3.8, 4) is 0 Å². The average Bonchev–Trinajstić information content (AvgIpc) is 3.20. The predicted octanol–water partition coefficient (Wildman–Crippen LogP) is 1.68. The zero-order valence-electron chi connectivity index (χ0n) is 15.1. The molecule has 2 aliphatic heterocycles. The van der Waals surface area contributed by atoms with Crippen LogP contribution in [-0.4, -0.2) is 68.4 Å². The van der Waals surface area contributed by atoms with Crippen LogP contribution >= 0.6 is 0 Å². The Morgan fingerprint density at radius 2 is 2.12 bits per heavy atom. The summed E-state index contributed by atoms with van der Waals surface area (Å²) in [4.78, 5) is 26.6. The summed E-state index contributed by atoms with van der Waals surface area (Å²) in [6, 6.07) is 6.98. The number of hydrogen-bond donors (Lipinski definition) is 1. The molecule has 2 aliphatic rings. The van der Waals surface area contributed by atoms with Crippen molar-refractivity contribution in [2.45, 2.75) is 32.0 Å². The lowest BCUT2D eigenvalue weighted by molar-refractivity contribution is -0.128. The molecule has 2 unspecified atom stereocenters. The van der Waals surface area contributed by atoms with Crippen LogP contribution in [0.25, 0.3) is 0 Å². The second kappa shape index (κ2) is 9.12. The van der Waals surface area contributed by atoms with Crippen molar-refractivity contribution in [1.82, 2.24) is 4.90 Å². The lowest BCUT2D eigenvalue weighted by Gasteiger charge is -2.27. The van der Waals surface area contributed by atoms with Gasteiger partial charge < -0.3 is 24.4 Å². The van der Waals surface area contributed by atoms with Crippen LogP contribution < -0.4 is 5.32 Å². The number of anilines is 1. The molecule has 1 aromatic carbocycles. The van der Waals surface area contributed by atoms with Gasteiger partial charge in [0.15, 0.2) is 0 Å². The van der Waals surface area contributed by atoms with E-state index in [1.165, 1.54) is 0 Å². The summed E-state index contributed by atoms with van der Waals surface area (Å²) in [6.45, 7) is 5.19. The second-order valence-electron chi connectivity index (χ2n) is 6.59. The molecule has 0 aliphatic carbocycles. The lowest BCUT2D eigenvalue weighted by atomic mass is 10.1. The number of nitrogens with zero attached hydrogens (tertiary/aromatic N) is 1. The van der Waals surface area contributed by atoms with E-state index < -0.39 is 6.10 Å². The largest absolute Gasteiger partial charge is 0.378 e. The minimum Gasteiger partial charge on any atom is -0.378 e. The van der Waals surface area contributed by atoms with Gasteiger partial charge in [-0.1, -0.05) is 6.07 Å². The van der Waals surface area contributed by atoms with Gasteiger partial charge in [-0.25, -0.2) is 0 Å². The molecule has 0 bridgehead atoms. The van der Waals surface area contributed by atoms with Gasteiger partial charge in [0.1, 0.15) is 6.10 Å². The molecule has 2 amide bonds. The van der Waals surface area contributed by atoms with Crippen LogP contribution in [0.4, 0.5) is 5.69 Å². The third-order valence-electron chi connectivity index (χ3n) is 4.60. The van der Waals surface area contributed by atoms with Crippen LogP contribution in [0.2, 0.25) is 0 Å². The van der Waals surface area contributed by atoms with Crippen LogP contribution in [0.3, 0.4) is 0 Å². The number of morpholine rings is 1. The van der Waals surface area contributed by atoms with Crippen LogP contribution in [0.1, 0.15) is 30.1 Å². The van der Waals surface area contributed by atoms with E-state index in [-0.39, 0.29) is 17.9 Å². The highest BCUT2D eigenvalue weighted by molar-refractivity contribution is 5.98. The number of rotatable bonds is 6. The number of amides is 2. The average molecular weight is 362 g/mol. The minimum atomic E-state index is -0.585. The molecule has 2 atom stereocenters. The van der Waals surface area contributed by atoms with Gasteiger partial charge in [0.05, 0.1) is 25.9 Å². The van der Waals surface area contributed by atoms with Crippen molar-refractivity contribution in [2.24, 2.45) is 0 Å². The summed E-state index contributed by atoms with van der Waals surface area (Å²) in [7, 11) is 0. The van der Waals surface area contributed by atoms with E-state index in [2.05, 4.69) is 5.32 Å². The molecule has 2 saturated heterocycles. The van der Waals surface area contributed by atoms with E-state index in [4.69, 9.17) is 14.2 Å². The molecule has 2 fully saturated rings. The third kappa shape index (κ3) is 5.03. The van der Waals surface area contributed by atoms with Crippen LogP contribution in [0.5, 0.6) is 0 Å². The molecule has 2 heterocycles. The zero-order chi connectivity index (χ0) is 18.4. The number of hydrogen-bond acceptors (Lipinski definition) is 5. The Labute approximate surface area is 153 Å². The summed E-state index contributed by atoms with van der Waals surface area (Å²) in [5.74, 6) is -0.286. The minimum absolute atomic E-state index is 0.0490. The molecule has 0 spiro atoms. The van der Waals surface area contributed by atoms with E-state index in [1.54, 1.807) is 36.1 Å². The fraction of sp³-hybridized carbons (Fsp3) is 0.579. The molecule has 0 aromatic heterocycles. The van der Waals surface area contributed by atoms with Gasteiger partial charge in [0.25, 0.3) is 11.8 Å². The Hall–Kier alpha value is -1.96. The molecule has 0 radical (unpaired) electrons. The Balaban J connectivity index is 1.53. The van der Waals surface area contributed by atoms with E-state index in [0.717, 1.165) is 19.4 Å². The number of benzene rings is 1. The van der Waals surface area contributed by atoms with Gasteiger partial charge in [-0.05, 0) is 38.0 Å². The first-order chi connectivity index (χ1) is 12.6. The van der Waals surface area contributed by atoms with Gasteiger partial charge in [-0.15, -0.1) is 0 Å². The summed E-state index contributed by atoms with van der Waals surface area (Å²) < 4.78 is 16.4. The normalized spacial score (nSPS) is 21.4. The van der Waals surface area contributed by atoms with Crippen molar-refractivity contribution >= 4 is 17.5 Å². The molecular formula is C19H26N2O5.